The first-order valence-electron chi connectivity index (χ1n) is 6.24. The smallest absolute Gasteiger partial charge is 0.0897 e. The van der Waals surface area contributed by atoms with Crippen LogP contribution < -0.4 is 5.32 Å². The van der Waals surface area contributed by atoms with E-state index >= 15 is 0 Å². The molecule has 5 heteroatoms. The molecular weight excluding hydrogens is 248 g/mol. The molecule has 0 spiro atoms. The first kappa shape index (κ1) is 15.6. The first-order chi connectivity index (χ1) is 8.58. The maximum Gasteiger partial charge on any atom is 0.0897 e. The Morgan fingerprint density at radius 3 is 2.89 bits per heavy atom. The van der Waals surface area contributed by atoms with Crippen LogP contribution in [0.4, 0.5) is 0 Å². The van der Waals surface area contributed by atoms with Gasteiger partial charge in [0.1, 0.15) is 0 Å². The van der Waals surface area contributed by atoms with Gasteiger partial charge in [0, 0.05) is 24.0 Å². The van der Waals surface area contributed by atoms with Crippen LogP contribution in [0.25, 0.3) is 0 Å². The monoisotopic (exact) mass is 272 g/mol. The number of thiophene rings is 1. The van der Waals surface area contributed by atoms with Crippen LogP contribution in [-0.4, -0.2) is 55.9 Å². The summed E-state index contributed by atoms with van der Waals surface area (Å²) in [5.41, 5.74) is 0. The number of hydrogen-bond donors (Lipinski definition) is 2. The highest BCUT2D eigenvalue weighted by atomic mass is 32.1. The van der Waals surface area contributed by atoms with Crippen LogP contribution in [0.5, 0.6) is 0 Å². The van der Waals surface area contributed by atoms with E-state index in [4.69, 9.17) is 4.74 Å². The summed E-state index contributed by atoms with van der Waals surface area (Å²) in [7, 11) is 4.08. The molecule has 2 atom stereocenters. The van der Waals surface area contributed by atoms with E-state index in [0.29, 0.717) is 25.8 Å². The lowest BCUT2D eigenvalue weighted by atomic mass is 10.3. The Hall–Kier alpha value is -0.460. The molecule has 104 valence electrons. The third kappa shape index (κ3) is 7.08. The molecule has 0 saturated heterocycles. The van der Waals surface area contributed by atoms with Crippen LogP contribution >= 0.6 is 11.3 Å². The number of nitrogens with zero attached hydrogens (tertiary/aromatic N) is 1. The lowest BCUT2D eigenvalue weighted by molar-refractivity contribution is 0.0285. The summed E-state index contributed by atoms with van der Waals surface area (Å²) >= 11 is 1.67. The number of likely N-dealkylation sites (N-methyl/N-ethyl adjacent to an activating group) is 1. The number of hydrogen-bond acceptors (Lipinski definition) is 5. The zero-order valence-corrected chi connectivity index (χ0v) is 12.2. The third-order valence-electron chi connectivity index (χ3n) is 2.48. The molecule has 1 aromatic rings. The van der Waals surface area contributed by atoms with Gasteiger partial charge in [0.05, 0.1) is 19.3 Å². The van der Waals surface area contributed by atoms with Crippen molar-refractivity contribution in [1.29, 1.82) is 0 Å². The second kappa shape index (κ2) is 8.61. The number of nitrogens with one attached hydrogen (secondary N) is 1. The average Bonchev–Trinajstić information content (AvgIpc) is 2.78. The summed E-state index contributed by atoms with van der Waals surface area (Å²) in [6.45, 7) is 4.60. The Morgan fingerprint density at radius 1 is 1.50 bits per heavy atom. The average molecular weight is 272 g/mol. The fraction of sp³-hybridized carbons (Fsp3) is 0.692. The zero-order valence-electron chi connectivity index (χ0n) is 11.4. The molecule has 0 aliphatic carbocycles. The van der Waals surface area contributed by atoms with Crippen molar-refractivity contribution in [3.05, 3.63) is 22.4 Å². The zero-order chi connectivity index (χ0) is 13.4. The molecule has 2 N–H and O–H groups in total. The van der Waals surface area contributed by atoms with Gasteiger partial charge in [0.2, 0.25) is 0 Å². The second-order valence-corrected chi connectivity index (χ2v) is 5.85. The van der Waals surface area contributed by atoms with Crippen LogP contribution in [0.3, 0.4) is 0 Å². The molecule has 1 rings (SSSR count). The molecule has 2 unspecified atom stereocenters. The van der Waals surface area contributed by atoms with Crippen molar-refractivity contribution >= 4 is 11.3 Å². The van der Waals surface area contributed by atoms with Crippen LogP contribution in [0.1, 0.15) is 11.8 Å². The van der Waals surface area contributed by atoms with Crippen molar-refractivity contribution in [2.45, 2.75) is 25.7 Å². The Bertz CT molecular complexity index is 304. The minimum Gasteiger partial charge on any atom is -0.389 e. The van der Waals surface area contributed by atoms with Gasteiger partial charge in [0.25, 0.3) is 0 Å². The first-order valence-corrected chi connectivity index (χ1v) is 7.12. The molecule has 1 heterocycles. The maximum atomic E-state index is 9.76. The Balaban J connectivity index is 2.04. The largest absolute Gasteiger partial charge is 0.389 e. The van der Waals surface area contributed by atoms with Gasteiger partial charge < -0.3 is 20.1 Å². The van der Waals surface area contributed by atoms with E-state index < -0.39 is 6.10 Å². The molecule has 1 aromatic heterocycles. The van der Waals surface area contributed by atoms with Gasteiger partial charge in [-0.3, -0.25) is 0 Å². The van der Waals surface area contributed by atoms with Gasteiger partial charge in [-0.25, -0.2) is 0 Å². The lowest BCUT2D eigenvalue weighted by Crippen LogP contribution is -2.41. The maximum absolute atomic E-state index is 9.76. The summed E-state index contributed by atoms with van der Waals surface area (Å²) < 4.78 is 5.46. The molecule has 0 aliphatic rings. The standard InChI is InChI=1S/C13H24N2O2S/c1-11(8-15(2)3)14-7-12(16)9-17-10-13-5-4-6-18-13/h4-6,11-12,14,16H,7-10H2,1-3H3. The van der Waals surface area contributed by atoms with Crippen LogP contribution in [-0.2, 0) is 11.3 Å². The third-order valence-corrected chi connectivity index (χ3v) is 3.33. The van der Waals surface area contributed by atoms with Crippen molar-refractivity contribution < 1.29 is 9.84 Å². The van der Waals surface area contributed by atoms with E-state index in [2.05, 4.69) is 17.1 Å². The van der Waals surface area contributed by atoms with E-state index in [1.54, 1.807) is 11.3 Å². The van der Waals surface area contributed by atoms with E-state index in [0.717, 1.165) is 6.54 Å². The Kier molecular flexibility index (Phi) is 7.46. The van der Waals surface area contributed by atoms with Crippen molar-refractivity contribution in [3.8, 4) is 0 Å². The molecule has 18 heavy (non-hydrogen) atoms. The molecule has 0 saturated carbocycles. The van der Waals surface area contributed by atoms with E-state index in [-0.39, 0.29) is 0 Å². The van der Waals surface area contributed by atoms with Crippen molar-refractivity contribution in [1.82, 2.24) is 10.2 Å². The molecule has 0 radical (unpaired) electrons. The lowest BCUT2D eigenvalue weighted by Gasteiger charge is -2.20. The number of aliphatic hydroxyl groups excluding tert-OH is 1. The SMILES string of the molecule is CC(CN(C)C)NCC(O)COCc1cccs1. The summed E-state index contributed by atoms with van der Waals surface area (Å²) in [6, 6.07) is 4.41. The highest BCUT2D eigenvalue weighted by Crippen LogP contribution is 2.09. The van der Waals surface area contributed by atoms with Crippen molar-refractivity contribution in [3.63, 3.8) is 0 Å². The van der Waals surface area contributed by atoms with Gasteiger partial charge in [-0.1, -0.05) is 6.07 Å². The predicted molar refractivity (Wildman–Crippen MR) is 76.0 cm³/mol. The Morgan fingerprint density at radius 2 is 2.28 bits per heavy atom. The van der Waals surface area contributed by atoms with E-state index in [1.165, 1.54) is 4.88 Å². The number of rotatable bonds is 9. The van der Waals surface area contributed by atoms with Crippen molar-refractivity contribution in [2.24, 2.45) is 0 Å². The molecule has 0 fully saturated rings. The Labute approximate surface area is 114 Å². The van der Waals surface area contributed by atoms with Crippen LogP contribution in [0.2, 0.25) is 0 Å². The van der Waals surface area contributed by atoms with Gasteiger partial charge in [-0.2, -0.15) is 0 Å². The quantitative estimate of drug-likeness (QED) is 0.708. The highest BCUT2D eigenvalue weighted by Gasteiger charge is 2.08. The number of ether oxygens (including phenoxy) is 1. The van der Waals surface area contributed by atoms with Crippen molar-refractivity contribution in [2.75, 3.05) is 33.8 Å². The van der Waals surface area contributed by atoms with E-state index in [1.807, 2.05) is 31.6 Å². The van der Waals surface area contributed by atoms with Gasteiger partial charge >= 0.3 is 0 Å². The molecule has 0 bridgehead atoms. The van der Waals surface area contributed by atoms with E-state index in [9.17, 15) is 5.11 Å². The summed E-state index contributed by atoms with van der Waals surface area (Å²) in [5.74, 6) is 0. The minimum absolute atomic E-state index is 0.368. The molecular formula is C13H24N2O2S. The second-order valence-electron chi connectivity index (χ2n) is 4.82. The molecule has 4 nitrogen and oxygen atoms in total. The van der Waals surface area contributed by atoms with Gasteiger partial charge in [0.15, 0.2) is 0 Å². The highest BCUT2D eigenvalue weighted by molar-refractivity contribution is 7.09. The fourth-order valence-electron chi connectivity index (χ4n) is 1.70. The summed E-state index contributed by atoms with van der Waals surface area (Å²) in [6.07, 6.45) is -0.449. The number of aliphatic hydroxyl groups is 1. The normalized spacial score (nSPS) is 14.9. The molecule has 0 amide bonds. The summed E-state index contributed by atoms with van der Waals surface area (Å²) in [5, 5.41) is 15.1. The fourth-order valence-corrected chi connectivity index (χ4v) is 2.34. The van der Waals surface area contributed by atoms with Gasteiger partial charge in [-0.05, 0) is 32.5 Å². The predicted octanol–water partition coefficient (Wildman–Crippen LogP) is 1.17. The topological polar surface area (TPSA) is 44.7 Å². The summed E-state index contributed by atoms with van der Waals surface area (Å²) in [4.78, 5) is 3.31. The molecule has 0 aromatic carbocycles. The van der Waals surface area contributed by atoms with Crippen LogP contribution in [0.15, 0.2) is 17.5 Å². The van der Waals surface area contributed by atoms with Crippen LogP contribution in [0, 0.1) is 0 Å². The minimum atomic E-state index is -0.449. The van der Waals surface area contributed by atoms with Gasteiger partial charge in [-0.15, -0.1) is 11.3 Å². The molecule has 0 aliphatic heterocycles.